The van der Waals surface area contributed by atoms with E-state index >= 15 is 0 Å². The molecule has 1 amide bonds. The van der Waals surface area contributed by atoms with Crippen LogP contribution >= 0.6 is 0 Å². The van der Waals surface area contributed by atoms with Crippen molar-refractivity contribution >= 4 is 11.9 Å². The van der Waals surface area contributed by atoms with Crippen LogP contribution in [0.1, 0.15) is 27.2 Å². The summed E-state index contributed by atoms with van der Waals surface area (Å²) >= 11 is 0. The second-order valence-corrected chi connectivity index (χ2v) is 3.47. The Bertz CT molecular complexity index is 189. The smallest absolute Gasteiger partial charge is 0.306 e. The summed E-state index contributed by atoms with van der Waals surface area (Å²) in [5.74, 6) is -1.29. The highest BCUT2D eigenvalue weighted by atomic mass is 16.4. The Morgan fingerprint density at radius 2 is 1.85 bits per heavy atom. The molecule has 4 heteroatoms. The number of aliphatic carboxylic acids is 1. The van der Waals surface area contributed by atoms with Gasteiger partial charge in [-0.3, -0.25) is 9.59 Å². The maximum atomic E-state index is 11.0. The maximum absolute atomic E-state index is 11.0. The predicted octanol–water partition coefficient (Wildman–Crippen LogP) is 0.869. The predicted molar refractivity (Wildman–Crippen MR) is 49.3 cm³/mol. The number of rotatable bonds is 5. The van der Waals surface area contributed by atoms with E-state index in [9.17, 15) is 9.59 Å². The van der Waals surface area contributed by atoms with E-state index in [2.05, 4.69) is 5.32 Å². The van der Waals surface area contributed by atoms with Gasteiger partial charge in [0.15, 0.2) is 0 Å². The Labute approximate surface area is 78.3 Å². The highest BCUT2D eigenvalue weighted by Crippen LogP contribution is 2.00. The lowest BCUT2D eigenvalue weighted by Gasteiger charge is -2.09. The molecule has 76 valence electrons. The van der Waals surface area contributed by atoms with Crippen molar-refractivity contribution in [1.29, 1.82) is 0 Å². The molecule has 0 saturated heterocycles. The molecule has 0 aromatic rings. The average molecular weight is 187 g/mol. The summed E-state index contributed by atoms with van der Waals surface area (Å²) in [5, 5.41) is 11.2. The Hall–Kier alpha value is -1.06. The normalized spacial score (nSPS) is 12.6. The van der Waals surface area contributed by atoms with Crippen LogP contribution in [-0.2, 0) is 9.59 Å². The molecule has 4 nitrogen and oxygen atoms in total. The van der Waals surface area contributed by atoms with E-state index in [4.69, 9.17) is 5.11 Å². The second-order valence-electron chi connectivity index (χ2n) is 3.47. The van der Waals surface area contributed by atoms with Gasteiger partial charge in [-0.15, -0.1) is 0 Å². The van der Waals surface area contributed by atoms with Gasteiger partial charge in [-0.25, -0.2) is 0 Å². The zero-order valence-corrected chi connectivity index (χ0v) is 8.33. The zero-order valence-electron chi connectivity index (χ0n) is 8.33. The molecule has 0 aromatic heterocycles. The largest absolute Gasteiger partial charge is 0.481 e. The van der Waals surface area contributed by atoms with Crippen molar-refractivity contribution in [2.75, 3.05) is 6.54 Å². The van der Waals surface area contributed by atoms with Crippen molar-refractivity contribution in [3.63, 3.8) is 0 Å². The van der Waals surface area contributed by atoms with Crippen molar-refractivity contribution in [3.05, 3.63) is 0 Å². The summed E-state index contributed by atoms with van der Waals surface area (Å²) < 4.78 is 0. The van der Waals surface area contributed by atoms with Crippen LogP contribution in [0.2, 0.25) is 0 Å². The second kappa shape index (κ2) is 5.56. The van der Waals surface area contributed by atoms with Gasteiger partial charge in [0.25, 0.3) is 0 Å². The third-order valence-corrected chi connectivity index (χ3v) is 1.82. The molecule has 0 fully saturated rings. The van der Waals surface area contributed by atoms with Gasteiger partial charge >= 0.3 is 5.97 Å². The number of carbonyl (C=O) groups is 2. The van der Waals surface area contributed by atoms with Crippen LogP contribution in [0.25, 0.3) is 0 Å². The molecule has 1 unspecified atom stereocenters. The topological polar surface area (TPSA) is 66.4 Å². The minimum Gasteiger partial charge on any atom is -0.481 e. The van der Waals surface area contributed by atoms with Gasteiger partial charge in [0.2, 0.25) is 5.91 Å². The van der Waals surface area contributed by atoms with Gasteiger partial charge < -0.3 is 10.4 Å². The van der Waals surface area contributed by atoms with E-state index < -0.39 is 11.9 Å². The molecule has 0 rings (SSSR count). The SMILES string of the molecule is CC(C)C(=O)NCCC(C)C(=O)O. The Balaban J connectivity index is 3.56. The van der Waals surface area contributed by atoms with Gasteiger partial charge in [-0.1, -0.05) is 20.8 Å². The molecule has 1 atom stereocenters. The summed E-state index contributed by atoms with van der Waals surface area (Å²) in [6.07, 6.45) is 0.480. The number of carboxylic acid groups (broad SMARTS) is 1. The van der Waals surface area contributed by atoms with E-state index in [1.54, 1.807) is 20.8 Å². The Morgan fingerprint density at radius 3 is 2.23 bits per heavy atom. The first-order valence-electron chi connectivity index (χ1n) is 4.45. The molecule has 13 heavy (non-hydrogen) atoms. The van der Waals surface area contributed by atoms with E-state index in [-0.39, 0.29) is 11.8 Å². The molecule has 2 N–H and O–H groups in total. The Morgan fingerprint density at radius 1 is 1.31 bits per heavy atom. The number of carboxylic acids is 1. The maximum Gasteiger partial charge on any atom is 0.306 e. The fraction of sp³-hybridized carbons (Fsp3) is 0.778. The van der Waals surface area contributed by atoms with Crippen LogP contribution in [0.15, 0.2) is 0 Å². The summed E-state index contributed by atoms with van der Waals surface area (Å²) in [6, 6.07) is 0. The van der Waals surface area contributed by atoms with Gasteiger partial charge in [-0.2, -0.15) is 0 Å². The molecule has 0 radical (unpaired) electrons. The van der Waals surface area contributed by atoms with Crippen molar-refractivity contribution in [2.45, 2.75) is 27.2 Å². The van der Waals surface area contributed by atoms with Crippen molar-refractivity contribution < 1.29 is 14.7 Å². The number of hydrogen-bond acceptors (Lipinski definition) is 2. The average Bonchev–Trinajstić information content (AvgIpc) is 2.03. The van der Waals surface area contributed by atoms with Crippen LogP contribution < -0.4 is 5.32 Å². The fourth-order valence-corrected chi connectivity index (χ4v) is 0.739. The fourth-order valence-electron chi connectivity index (χ4n) is 0.739. The van der Waals surface area contributed by atoms with Crippen LogP contribution in [-0.4, -0.2) is 23.5 Å². The molecular formula is C9H17NO3. The van der Waals surface area contributed by atoms with E-state index in [1.165, 1.54) is 0 Å². The van der Waals surface area contributed by atoms with Gasteiger partial charge in [0.05, 0.1) is 5.92 Å². The number of hydrogen-bond donors (Lipinski definition) is 2. The molecule has 0 bridgehead atoms. The molecule has 0 heterocycles. The first-order valence-corrected chi connectivity index (χ1v) is 4.45. The van der Waals surface area contributed by atoms with Crippen molar-refractivity contribution in [2.24, 2.45) is 11.8 Å². The van der Waals surface area contributed by atoms with Crippen LogP contribution in [0.4, 0.5) is 0 Å². The lowest BCUT2D eigenvalue weighted by atomic mass is 10.1. The highest BCUT2D eigenvalue weighted by molar-refractivity contribution is 5.77. The Kier molecular flexibility index (Phi) is 5.11. The summed E-state index contributed by atoms with van der Waals surface area (Å²) in [7, 11) is 0. The van der Waals surface area contributed by atoms with Crippen LogP contribution in [0.5, 0.6) is 0 Å². The van der Waals surface area contributed by atoms with Crippen molar-refractivity contribution in [3.8, 4) is 0 Å². The van der Waals surface area contributed by atoms with Gasteiger partial charge in [0.1, 0.15) is 0 Å². The van der Waals surface area contributed by atoms with E-state index in [0.717, 1.165) is 0 Å². The summed E-state index contributed by atoms with van der Waals surface area (Å²) in [6.45, 7) is 5.67. The lowest BCUT2D eigenvalue weighted by molar-refractivity contribution is -0.141. The van der Waals surface area contributed by atoms with Gasteiger partial charge in [-0.05, 0) is 6.42 Å². The van der Waals surface area contributed by atoms with Crippen molar-refractivity contribution in [1.82, 2.24) is 5.32 Å². The molecule has 0 aliphatic heterocycles. The van der Waals surface area contributed by atoms with E-state index in [1.807, 2.05) is 0 Å². The molecule has 0 saturated carbocycles. The minimum absolute atomic E-state index is 0.0300. The third kappa shape index (κ3) is 5.22. The number of nitrogens with one attached hydrogen (secondary N) is 1. The lowest BCUT2D eigenvalue weighted by Crippen LogP contribution is -2.30. The molecule has 0 aliphatic rings. The zero-order chi connectivity index (χ0) is 10.4. The van der Waals surface area contributed by atoms with E-state index in [0.29, 0.717) is 13.0 Å². The molecular weight excluding hydrogens is 170 g/mol. The minimum atomic E-state index is -0.821. The third-order valence-electron chi connectivity index (χ3n) is 1.82. The first-order chi connectivity index (χ1) is 5.95. The number of amides is 1. The number of carbonyl (C=O) groups excluding carboxylic acids is 1. The monoisotopic (exact) mass is 187 g/mol. The molecule has 0 aliphatic carbocycles. The summed E-state index contributed by atoms with van der Waals surface area (Å²) in [4.78, 5) is 21.4. The standard InChI is InChI=1S/C9H17NO3/c1-6(2)8(11)10-5-4-7(3)9(12)13/h6-7H,4-5H2,1-3H3,(H,10,11)(H,12,13). The van der Waals surface area contributed by atoms with Gasteiger partial charge in [0, 0.05) is 12.5 Å². The summed E-state index contributed by atoms with van der Waals surface area (Å²) in [5.41, 5.74) is 0. The first kappa shape index (κ1) is 11.9. The van der Waals surface area contributed by atoms with Crippen LogP contribution in [0.3, 0.4) is 0 Å². The quantitative estimate of drug-likeness (QED) is 0.671. The highest BCUT2D eigenvalue weighted by Gasteiger charge is 2.11. The molecule has 0 aromatic carbocycles. The van der Waals surface area contributed by atoms with Crippen LogP contribution in [0, 0.1) is 11.8 Å². The molecule has 0 spiro atoms.